The molecule has 0 bridgehead atoms. The van der Waals surface area contributed by atoms with Crippen molar-refractivity contribution in [1.82, 2.24) is 0 Å². The average Bonchev–Trinajstić information content (AvgIpc) is 2.33. The average molecular weight is 410 g/mol. The Morgan fingerprint density at radius 1 is 0.917 bits per heavy atom. The molecule has 1 N–H and O–H groups in total. The lowest BCUT2D eigenvalue weighted by atomic mass is 9.85. The van der Waals surface area contributed by atoms with Crippen LogP contribution in [0.1, 0.15) is 43.0 Å². The summed E-state index contributed by atoms with van der Waals surface area (Å²) < 4.78 is 29.3. The van der Waals surface area contributed by atoms with Crippen LogP contribution in [-0.2, 0) is 15.4 Å². The van der Waals surface area contributed by atoms with E-state index in [1.165, 1.54) is 0 Å². The molecule has 0 saturated heterocycles. The van der Waals surface area contributed by atoms with Crippen LogP contribution in [0.15, 0.2) is 39.7 Å². The molecular weight excluding hydrogens is 386 g/mol. The summed E-state index contributed by atoms with van der Waals surface area (Å²) in [6.45, 7) is 12.0. The second-order valence-electron chi connectivity index (χ2n) is 7.31. The number of rotatable bonds is 3. The number of hydrogen-bond donors (Lipinski definition) is 1. The molecule has 0 aliphatic heterocycles. The topological polar surface area (TPSA) is 46.2 Å². The minimum Gasteiger partial charge on any atom is -0.280 e. The van der Waals surface area contributed by atoms with Gasteiger partial charge in [0.05, 0.1) is 10.6 Å². The Bertz CT molecular complexity index is 837. The van der Waals surface area contributed by atoms with Crippen molar-refractivity contribution in [2.75, 3.05) is 4.72 Å². The van der Waals surface area contributed by atoms with E-state index in [9.17, 15) is 8.42 Å². The van der Waals surface area contributed by atoms with Crippen molar-refractivity contribution >= 4 is 31.6 Å². The molecule has 0 spiro atoms. The Kier molecular flexibility index (Phi) is 5.17. The summed E-state index contributed by atoms with van der Waals surface area (Å²) in [5, 5.41) is 0. The van der Waals surface area contributed by atoms with Crippen LogP contribution >= 0.6 is 15.9 Å². The van der Waals surface area contributed by atoms with Gasteiger partial charge < -0.3 is 0 Å². The predicted octanol–water partition coefficient (Wildman–Crippen LogP) is 5.47. The first-order chi connectivity index (χ1) is 10.9. The number of nitrogens with one attached hydrogen (secondary N) is 1. The van der Waals surface area contributed by atoms with Gasteiger partial charge in [-0.05, 0) is 66.6 Å². The van der Waals surface area contributed by atoms with E-state index >= 15 is 0 Å². The Morgan fingerprint density at radius 2 is 1.46 bits per heavy atom. The van der Waals surface area contributed by atoms with Crippen LogP contribution in [0.5, 0.6) is 0 Å². The zero-order valence-corrected chi connectivity index (χ0v) is 17.4. The summed E-state index contributed by atoms with van der Waals surface area (Å²) in [4.78, 5) is 0.355. The van der Waals surface area contributed by atoms with Gasteiger partial charge in [0.15, 0.2) is 0 Å². The van der Waals surface area contributed by atoms with Gasteiger partial charge in [-0.2, -0.15) is 0 Å². The van der Waals surface area contributed by atoms with E-state index in [2.05, 4.69) is 41.4 Å². The second-order valence-corrected chi connectivity index (χ2v) is 9.85. The lowest BCUT2D eigenvalue weighted by Gasteiger charge is -2.22. The Balaban J connectivity index is 2.50. The normalized spacial score (nSPS) is 12.3. The Hall–Kier alpha value is -1.33. The molecule has 0 saturated carbocycles. The summed E-state index contributed by atoms with van der Waals surface area (Å²) in [6, 6.07) is 9.45. The molecule has 0 heterocycles. The van der Waals surface area contributed by atoms with Crippen LogP contribution in [0.4, 0.5) is 5.69 Å². The Morgan fingerprint density at radius 3 is 1.92 bits per heavy atom. The van der Waals surface area contributed by atoms with Crippen LogP contribution < -0.4 is 4.72 Å². The molecule has 3 nitrogen and oxygen atoms in total. The fourth-order valence-electron chi connectivity index (χ4n) is 2.81. The summed E-state index contributed by atoms with van der Waals surface area (Å²) >= 11 is 3.40. The zero-order valence-electron chi connectivity index (χ0n) is 15.0. The highest BCUT2D eigenvalue weighted by molar-refractivity contribution is 9.10. The van der Waals surface area contributed by atoms with E-state index < -0.39 is 10.0 Å². The van der Waals surface area contributed by atoms with Crippen molar-refractivity contribution in [3.8, 4) is 0 Å². The van der Waals surface area contributed by atoms with Crippen LogP contribution in [0.2, 0.25) is 0 Å². The molecule has 0 aliphatic carbocycles. The van der Waals surface area contributed by atoms with Gasteiger partial charge in [-0.25, -0.2) is 8.42 Å². The molecule has 5 heteroatoms. The largest absolute Gasteiger partial charge is 0.280 e. The SMILES string of the molecule is Cc1cc(Br)cc(NS(=O)(=O)c2c(C)cc(C(C)(C)C)cc2C)c1. The molecule has 0 atom stereocenters. The third-order valence-electron chi connectivity index (χ3n) is 3.89. The Labute approximate surface area is 153 Å². The number of halogens is 1. The fraction of sp³-hybridized carbons (Fsp3) is 0.368. The van der Waals surface area contributed by atoms with Gasteiger partial charge >= 0.3 is 0 Å². The van der Waals surface area contributed by atoms with Gasteiger partial charge in [0.1, 0.15) is 0 Å². The van der Waals surface area contributed by atoms with Gasteiger partial charge in [0, 0.05) is 4.47 Å². The first-order valence-electron chi connectivity index (χ1n) is 7.82. The number of sulfonamides is 1. The first kappa shape index (κ1) is 19.0. The van der Waals surface area contributed by atoms with Crippen molar-refractivity contribution in [2.45, 2.75) is 51.9 Å². The van der Waals surface area contributed by atoms with E-state index in [0.717, 1.165) is 26.7 Å². The first-order valence-corrected chi connectivity index (χ1v) is 10.1. The zero-order chi connectivity index (χ0) is 18.3. The lowest BCUT2D eigenvalue weighted by molar-refractivity contribution is 0.585. The fourth-order valence-corrected chi connectivity index (χ4v) is 4.91. The second kappa shape index (κ2) is 6.52. The maximum Gasteiger partial charge on any atom is 0.262 e. The van der Waals surface area contributed by atoms with Gasteiger partial charge in [-0.1, -0.05) is 48.8 Å². The number of anilines is 1. The third-order valence-corrected chi connectivity index (χ3v) is 6.03. The highest BCUT2D eigenvalue weighted by atomic mass is 79.9. The minimum atomic E-state index is -3.64. The van der Waals surface area contributed by atoms with Gasteiger partial charge in [-0.15, -0.1) is 0 Å². The number of aryl methyl sites for hydroxylation is 3. The summed E-state index contributed by atoms with van der Waals surface area (Å²) in [6.07, 6.45) is 0. The molecule has 2 aromatic rings. The van der Waals surface area contributed by atoms with E-state index in [-0.39, 0.29) is 5.41 Å². The molecule has 0 aromatic heterocycles. The van der Waals surface area contributed by atoms with Crippen LogP contribution in [0.3, 0.4) is 0 Å². The quantitative estimate of drug-likeness (QED) is 0.729. The number of hydrogen-bond acceptors (Lipinski definition) is 2. The smallest absolute Gasteiger partial charge is 0.262 e. The van der Waals surface area contributed by atoms with Crippen LogP contribution in [0.25, 0.3) is 0 Å². The lowest BCUT2D eigenvalue weighted by Crippen LogP contribution is -2.18. The monoisotopic (exact) mass is 409 g/mol. The molecule has 2 aromatic carbocycles. The highest BCUT2D eigenvalue weighted by Crippen LogP contribution is 2.30. The van der Waals surface area contributed by atoms with Crippen molar-refractivity contribution in [1.29, 1.82) is 0 Å². The molecule has 130 valence electrons. The molecule has 24 heavy (non-hydrogen) atoms. The predicted molar refractivity (Wildman–Crippen MR) is 104 cm³/mol. The molecule has 0 aliphatic rings. The van der Waals surface area contributed by atoms with Crippen molar-refractivity contribution in [3.63, 3.8) is 0 Å². The molecule has 0 radical (unpaired) electrons. The van der Waals surface area contributed by atoms with E-state index in [1.54, 1.807) is 6.07 Å². The molecule has 0 amide bonds. The summed E-state index contributed by atoms with van der Waals surface area (Å²) in [5.74, 6) is 0. The summed E-state index contributed by atoms with van der Waals surface area (Å²) in [5.41, 5.74) is 4.18. The molecule has 0 fully saturated rings. The number of benzene rings is 2. The van der Waals surface area contributed by atoms with E-state index in [4.69, 9.17) is 0 Å². The standard InChI is InChI=1S/C19H24BrNO2S/c1-12-7-16(20)11-17(8-12)21-24(22,23)18-13(2)9-15(10-14(18)3)19(4,5)6/h7-11,21H,1-6H3. The van der Waals surface area contributed by atoms with Crippen molar-refractivity contribution in [2.24, 2.45) is 0 Å². The van der Waals surface area contributed by atoms with E-state index in [0.29, 0.717) is 10.6 Å². The third kappa shape index (κ3) is 4.19. The van der Waals surface area contributed by atoms with E-state index in [1.807, 2.05) is 45.0 Å². The van der Waals surface area contributed by atoms with Crippen LogP contribution in [-0.4, -0.2) is 8.42 Å². The summed E-state index contributed by atoms with van der Waals surface area (Å²) in [7, 11) is -3.64. The maximum absolute atomic E-state index is 12.9. The van der Waals surface area contributed by atoms with Crippen molar-refractivity contribution < 1.29 is 8.42 Å². The maximum atomic E-state index is 12.9. The van der Waals surface area contributed by atoms with Gasteiger partial charge in [0.2, 0.25) is 0 Å². The molecular formula is C19H24BrNO2S. The van der Waals surface area contributed by atoms with Crippen molar-refractivity contribution in [3.05, 3.63) is 57.1 Å². The van der Waals surface area contributed by atoms with Crippen LogP contribution in [0, 0.1) is 20.8 Å². The van der Waals surface area contributed by atoms with Gasteiger partial charge in [-0.3, -0.25) is 4.72 Å². The van der Waals surface area contributed by atoms with Gasteiger partial charge in [0.25, 0.3) is 10.0 Å². The molecule has 0 unspecified atom stereocenters. The molecule has 2 rings (SSSR count). The minimum absolute atomic E-state index is 0.0212. The highest BCUT2D eigenvalue weighted by Gasteiger charge is 2.23.